The topological polar surface area (TPSA) is 73.9 Å². The second-order valence-electron chi connectivity index (χ2n) is 8.86. The van der Waals surface area contributed by atoms with Crippen LogP contribution in [-0.4, -0.2) is 37.7 Å². The van der Waals surface area contributed by atoms with Crippen LogP contribution >= 0.6 is 0 Å². The van der Waals surface area contributed by atoms with Gasteiger partial charge in [-0.3, -0.25) is 9.59 Å². The number of ether oxygens (including phenoxy) is 3. The quantitative estimate of drug-likeness (QED) is 0.575. The Morgan fingerprint density at radius 3 is 2.29 bits per heavy atom. The van der Waals surface area contributed by atoms with Crippen LogP contribution in [0.4, 0.5) is 0 Å². The molecule has 5 rings (SSSR count). The van der Waals surface area contributed by atoms with Crippen LogP contribution in [0.1, 0.15) is 45.4 Å². The molecule has 2 unspecified atom stereocenters. The van der Waals surface area contributed by atoms with E-state index in [9.17, 15) is 9.59 Å². The van der Waals surface area contributed by atoms with Crippen molar-refractivity contribution in [2.45, 2.75) is 51.0 Å². The van der Waals surface area contributed by atoms with Crippen LogP contribution in [0, 0.1) is 17.3 Å². The van der Waals surface area contributed by atoms with Crippen LogP contribution in [0.25, 0.3) is 0 Å². The molecule has 4 aliphatic rings. The average molecular weight is 387 g/mol. The lowest BCUT2D eigenvalue weighted by Gasteiger charge is -2.60. The fourth-order valence-electron chi connectivity index (χ4n) is 6.14. The molecule has 6 heteroatoms. The first-order valence-electron chi connectivity index (χ1n) is 10.1. The SMILES string of the molecule is COc1ccc(OCCOC(=O)C23CC4CC(CC(NC(C)=O)(C4)C2)C3)cc1. The number of hydrogen-bond acceptors (Lipinski definition) is 5. The molecule has 0 spiro atoms. The highest BCUT2D eigenvalue weighted by Gasteiger charge is 2.61. The second kappa shape index (κ2) is 7.30. The van der Waals surface area contributed by atoms with Gasteiger partial charge in [0.05, 0.1) is 12.5 Å². The molecule has 28 heavy (non-hydrogen) atoms. The van der Waals surface area contributed by atoms with Crippen molar-refractivity contribution in [2.75, 3.05) is 20.3 Å². The molecule has 0 saturated heterocycles. The second-order valence-corrected chi connectivity index (χ2v) is 8.86. The summed E-state index contributed by atoms with van der Waals surface area (Å²) in [6.45, 7) is 2.12. The summed E-state index contributed by atoms with van der Waals surface area (Å²) in [6.07, 6.45) is 5.67. The van der Waals surface area contributed by atoms with Gasteiger partial charge in [0.1, 0.15) is 24.7 Å². The third-order valence-electron chi connectivity index (χ3n) is 6.58. The largest absolute Gasteiger partial charge is 0.497 e. The van der Waals surface area contributed by atoms with Gasteiger partial charge in [-0.2, -0.15) is 0 Å². The Morgan fingerprint density at radius 1 is 1.04 bits per heavy atom. The molecule has 0 aliphatic heterocycles. The summed E-state index contributed by atoms with van der Waals surface area (Å²) in [5.74, 6) is 2.39. The van der Waals surface area contributed by atoms with Gasteiger partial charge in [-0.05, 0) is 74.6 Å². The molecule has 0 heterocycles. The van der Waals surface area contributed by atoms with Crippen LogP contribution in [0.2, 0.25) is 0 Å². The first-order valence-corrected chi connectivity index (χ1v) is 10.1. The average Bonchev–Trinajstić information content (AvgIpc) is 2.63. The minimum atomic E-state index is -0.438. The molecule has 6 nitrogen and oxygen atoms in total. The smallest absolute Gasteiger partial charge is 0.312 e. The minimum Gasteiger partial charge on any atom is -0.497 e. The first kappa shape index (κ1) is 19.1. The maximum atomic E-state index is 13.0. The number of hydrogen-bond donors (Lipinski definition) is 1. The van der Waals surface area contributed by atoms with E-state index in [0.717, 1.165) is 37.2 Å². The van der Waals surface area contributed by atoms with E-state index in [-0.39, 0.29) is 24.0 Å². The molecule has 1 N–H and O–H groups in total. The van der Waals surface area contributed by atoms with Gasteiger partial charge < -0.3 is 19.5 Å². The van der Waals surface area contributed by atoms with E-state index in [4.69, 9.17) is 14.2 Å². The molecule has 1 aromatic rings. The third-order valence-corrected chi connectivity index (χ3v) is 6.58. The summed E-state index contributed by atoms with van der Waals surface area (Å²) >= 11 is 0. The molecule has 4 aliphatic carbocycles. The molecule has 1 aromatic carbocycles. The number of rotatable bonds is 7. The molecule has 152 valence electrons. The highest BCUT2D eigenvalue weighted by atomic mass is 16.6. The van der Waals surface area contributed by atoms with E-state index >= 15 is 0 Å². The number of benzene rings is 1. The zero-order valence-corrected chi connectivity index (χ0v) is 16.7. The molecule has 4 saturated carbocycles. The Bertz CT molecular complexity index is 730. The van der Waals surface area contributed by atoms with Crippen LogP contribution < -0.4 is 14.8 Å². The molecule has 4 fully saturated rings. The van der Waals surface area contributed by atoms with E-state index in [2.05, 4.69) is 5.32 Å². The monoisotopic (exact) mass is 387 g/mol. The van der Waals surface area contributed by atoms with Gasteiger partial charge in [0, 0.05) is 12.5 Å². The van der Waals surface area contributed by atoms with Crippen LogP contribution in [0.15, 0.2) is 24.3 Å². The van der Waals surface area contributed by atoms with Crippen molar-refractivity contribution < 1.29 is 23.8 Å². The zero-order chi connectivity index (χ0) is 19.8. The summed E-state index contributed by atoms with van der Waals surface area (Å²) < 4.78 is 16.4. The summed E-state index contributed by atoms with van der Waals surface area (Å²) in [6, 6.07) is 7.32. The summed E-state index contributed by atoms with van der Waals surface area (Å²) in [5, 5.41) is 3.18. The Kier molecular flexibility index (Phi) is 4.98. The van der Waals surface area contributed by atoms with Gasteiger partial charge in [0.2, 0.25) is 5.91 Å². The van der Waals surface area contributed by atoms with Gasteiger partial charge >= 0.3 is 5.97 Å². The number of carbonyl (C=O) groups excluding carboxylic acids is 2. The van der Waals surface area contributed by atoms with Gasteiger partial charge in [0.15, 0.2) is 0 Å². The van der Waals surface area contributed by atoms with E-state index in [1.807, 2.05) is 24.3 Å². The maximum Gasteiger partial charge on any atom is 0.312 e. The molecular formula is C22H29NO5. The Hall–Kier alpha value is -2.24. The number of methoxy groups -OCH3 is 1. The molecular weight excluding hydrogens is 358 g/mol. The van der Waals surface area contributed by atoms with Crippen molar-refractivity contribution in [3.8, 4) is 11.5 Å². The predicted octanol–water partition coefficient (Wildman–Crippen LogP) is 3.09. The van der Waals surface area contributed by atoms with Crippen molar-refractivity contribution in [1.82, 2.24) is 5.32 Å². The Balaban J connectivity index is 1.33. The van der Waals surface area contributed by atoms with Gasteiger partial charge in [-0.1, -0.05) is 0 Å². The van der Waals surface area contributed by atoms with Crippen molar-refractivity contribution >= 4 is 11.9 Å². The lowest BCUT2D eigenvalue weighted by Crippen LogP contribution is -2.64. The van der Waals surface area contributed by atoms with Crippen LogP contribution in [0.5, 0.6) is 11.5 Å². The van der Waals surface area contributed by atoms with E-state index in [0.29, 0.717) is 24.9 Å². The molecule has 4 bridgehead atoms. The number of amides is 1. The number of carbonyl (C=O) groups is 2. The molecule has 2 atom stereocenters. The third kappa shape index (κ3) is 3.69. The van der Waals surface area contributed by atoms with Crippen LogP contribution in [0.3, 0.4) is 0 Å². The predicted molar refractivity (Wildman–Crippen MR) is 103 cm³/mol. The Labute approximate surface area is 165 Å². The van der Waals surface area contributed by atoms with Crippen molar-refractivity contribution in [3.63, 3.8) is 0 Å². The van der Waals surface area contributed by atoms with Crippen LogP contribution in [-0.2, 0) is 14.3 Å². The molecule has 0 aromatic heterocycles. The highest BCUT2D eigenvalue weighted by Crippen LogP contribution is 2.62. The number of esters is 1. The van der Waals surface area contributed by atoms with E-state index in [1.165, 1.54) is 6.42 Å². The summed E-state index contributed by atoms with van der Waals surface area (Å²) in [4.78, 5) is 24.7. The Morgan fingerprint density at radius 2 is 1.68 bits per heavy atom. The number of nitrogens with one attached hydrogen (secondary N) is 1. The van der Waals surface area contributed by atoms with Gasteiger partial charge in [0.25, 0.3) is 0 Å². The lowest BCUT2D eigenvalue weighted by atomic mass is 9.47. The normalized spacial score (nSPS) is 32.6. The lowest BCUT2D eigenvalue weighted by molar-refractivity contribution is -0.176. The fourth-order valence-corrected chi connectivity index (χ4v) is 6.14. The van der Waals surface area contributed by atoms with Crippen molar-refractivity contribution in [3.05, 3.63) is 24.3 Å². The maximum absolute atomic E-state index is 13.0. The van der Waals surface area contributed by atoms with Crippen molar-refractivity contribution in [2.24, 2.45) is 17.3 Å². The zero-order valence-electron chi connectivity index (χ0n) is 16.7. The van der Waals surface area contributed by atoms with E-state index in [1.54, 1.807) is 14.0 Å². The summed E-state index contributed by atoms with van der Waals surface area (Å²) in [5.41, 5.74) is -0.652. The van der Waals surface area contributed by atoms with E-state index < -0.39 is 5.41 Å². The highest BCUT2D eigenvalue weighted by molar-refractivity contribution is 5.79. The molecule has 1 amide bonds. The van der Waals surface area contributed by atoms with Gasteiger partial charge in [-0.15, -0.1) is 0 Å². The summed E-state index contributed by atoms with van der Waals surface area (Å²) in [7, 11) is 1.62. The minimum absolute atomic E-state index is 0.00152. The standard InChI is InChI=1S/C22H29NO5/c1-15(24)23-22-12-16-9-17(13-22)11-21(10-16,14-22)20(25)28-8-7-27-19-5-3-18(26-2)4-6-19/h3-6,16-17H,7-14H2,1-2H3,(H,23,24). The first-order chi connectivity index (χ1) is 13.4. The molecule has 0 radical (unpaired) electrons. The van der Waals surface area contributed by atoms with Crippen molar-refractivity contribution in [1.29, 1.82) is 0 Å². The van der Waals surface area contributed by atoms with Gasteiger partial charge in [-0.25, -0.2) is 0 Å². The fraction of sp³-hybridized carbons (Fsp3) is 0.636.